The highest BCUT2D eigenvalue weighted by atomic mass is 19.4. The van der Waals surface area contributed by atoms with Crippen LogP contribution < -0.4 is 0 Å². The van der Waals surface area contributed by atoms with Crippen molar-refractivity contribution < 1.29 is 27.4 Å². The third kappa shape index (κ3) is 12.3. The molecule has 6 heteroatoms. The first-order chi connectivity index (χ1) is 9.48. The minimum absolute atomic E-state index is 0.0122. The van der Waals surface area contributed by atoms with E-state index in [9.17, 15) is 18.0 Å². The van der Waals surface area contributed by atoms with E-state index < -0.39 is 12.1 Å². The molecule has 20 heavy (non-hydrogen) atoms. The summed E-state index contributed by atoms with van der Waals surface area (Å²) in [6, 6.07) is 0. The van der Waals surface area contributed by atoms with Crippen LogP contribution >= 0.6 is 0 Å². The Kier molecular flexibility index (Phi) is 11.5. The molecule has 0 amide bonds. The van der Waals surface area contributed by atoms with Crippen LogP contribution in [-0.2, 0) is 14.3 Å². The van der Waals surface area contributed by atoms with Crippen LogP contribution in [0.3, 0.4) is 0 Å². The second-order valence-electron chi connectivity index (χ2n) is 4.72. The summed E-state index contributed by atoms with van der Waals surface area (Å²) in [5.41, 5.74) is 0. The van der Waals surface area contributed by atoms with Gasteiger partial charge in [-0.05, 0) is 6.42 Å². The lowest BCUT2D eigenvalue weighted by Gasteiger charge is -2.07. The third-order valence-corrected chi connectivity index (χ3v) is 2.83. The second kappa shape index (κ2) is 12.0. The minimum Gasteiger partial charge on any atom is -0.457 e. The first-order valence-corrected chi connectivity index (χ1v) is 7.30. The van der Waals surface area contributed by atoms with Crippen molar-refractivity contribution in [2.45, 2.75) is 64.5 Å². The molecule has 0 aromatic rings. The van der Waals surface area contributed by atoms with Crippen molar-refractivity contribution in [2.24, 2.45) is 0 Å². The summed E-state index contributed by atoms with van der Waals surface area (Å²) in [6.45, 7) is 2.34. The van der Waals surface area contributed by atoms with Gasteiger partial charge in [0, 0.05) is 6.61 Å². The van der Waals surface area contributed by atoms with Gasteiger partial charge in [0.15, 0.2) is 0 Å². The normalized spacial score (nSPS) is 11.6. The number of halogens is 3. The van der Waals surface area contributed by atoms with E-state index in [0.717, 1.165) is 19.3 Å². The van der Waals surface area contributed by atoms with E-state index in [-0.39, 0.29) is 13.2 Å². The number of carbonyl (C=O) groups excluding carboxylic acids is 1. The van der Waals surface area contributed by atoms with Crippen molar-refractivity contribution in [3.63, 3.8) is 0 Å². The molecule has 0 heterocycles. The van der Waals surface area contributed by atoms with Gasteiger partial charge in [0.05, 0.1) is 6.61 Å². The van der Waals surface area contributed by atoms with E-state index in [1.807, 2.05) is 0 Å². The average molecular weight is 298 g/mol. The number of ether oxygens (including phenoxy) is 2. The van der Waals surface area contributed by atoms with Gasteiger partial charge >= 0.3 is 12.1 Å². The van der Waals surface area contributed by atoms with E-state index in [0.29, 0.717) is 6.61 Å². The zero-order valence-corrected chi connectivity index (χ0v) is 12.1. The molecule has 0 atom stereocenters. The maximum atomic E-state index is 11.8. The van der Waals surface area contributed by atoms with Gasteiger partial charge in [-0.25, -0.2) is 4.79 Å². The van der Waals surface area contributed by atoms with Gasteiger partial charge in [0.1, 0.15) is 6.61 Å². The van der Waals surface area contributed by atoms with Crippen molar-refractivity contribution in [1.29, 1.82) is 0 Å². The van der Waals surface area contributed by atoms with Crippen molar-refractivity contribution in [1.82, 2.24) is 0 Å². The van der Waals surface area contributed by atoms with E-state index in [1.54, 1.807) is 0 Å². The Morgan fingerprint density at radius 1 is 0.850 bits per heavy atom. The van der Waals surface area contributed by atoms with Crippen molar-refractivity contribution in [3.05, 3.63) is 0 Å². The molecule has 120 valence electrons. The molecule has 0 fully saturated rings. The van der Waals surface area contributed by atoms with Crippen molar-refractivity contribution in [2.75, 3.05) is 19.8 Å². The summed E-state index contributed by atoms with van der Waals surface area (Å²) in [7, 11) is 0. The standard InChI is InChI=1S/C14H25F3O3/c1-2-3-4-5-6-7-8-9-10-19-11-12-20-13(18)14(15,16)17/h2-12H2,1H3. The molecule has 0 radical (unpaired) electrons. The molecule has 0 spiro atoms. The van der Waals surface area contributed by atoms with E-state index in [1.165, 1.54) is 32.1 Å². The predicted octanol–water partition coefficient (Wildman–Crippen LogP) is 4.25. The molecule has 0 aromatic carbocycles. The van der Waals surface area contributed by atoms with Crippen LogP contribution in [-0.4, -0.2) is 32.0 Å². The molecule has 0 unspecified atom stereocenters. The van der Waals surface area contributed by atoms with Crippen LogP contribution in [0.25, 0.3) is 0 Å². The van der Waals surface area contributed by atoms with Gasteiger partial charge in [-0.1, -0.05) is 51.9 Å². The number of hydrogen-bond acceptors (Lipinski definition) is 3. The fourth-order valence-electron chi connectivity index (χ4n) is 1.72. The quantitative estimate of drug-likeness (QED) is 0.399. The predicted molar refractivity (Wildman–Crippen MR) is 70.4 cm³/mol. The summed E-state index contributed by atoms with van der Waals surface area (Å²) in [5.74, 6) is -2.16. The lowest BCUT2D eigenvalue weighted by Crippen LogP contribution is -2.26. The number of unbranched alkanes of at least 4 members (excludes halogenated alkanes) is 7. The van der Waals surface area contributed by atoms with Crippen LogP contribution in [0, 0.1) is 0 Å². The maximum absolute atomic E-state index is 11.8. The Hall–Kier alpha value is -0.780. The van der Waals surface area contributed by atoms with Crippen LogP contribution in [0.2, 0.25) is 0 Å². The molecule has 0 aromatic heterocycles. The molecule has 0 aliphatic rings. The highest BCUT2D eigenvalue weighted by Gasteiger charge is 2.40. The Labute approximate surface area is 118 Å². The monoisotopic (exact) mass is 298 g/mol. The molecule has 0 aliphatic carbocycles. The van der Waals surface area contributed by atoms with Gasteiger partial charge in [0.2, 0.25) is 0 Å². The fourth-order valence-corrected chi connectivity index (χ4v) is 1.72. The minimum atomic E-state index is -4.92. The van der Waals surface area contributed by atoms with E-state index in [2.05, 4.69) is 11.7 Å². The summed E-state index contributed by atoms with van der Waals surface area (Å²) < 4.78 is 44.4. The molecule has 0 saturated carbocycles. The topological polar surface area (TPSA) is 35.5 Å². The van der Waals surface area contributed by atoms with Crippen LogP contribution in [0.1, 0.15) is 58.3 Å². The van der Waals surface area contributed by atoms with Gasteiger partial charge in [-0.15, -0.1) is 0 Å². The Morgan fingerprint density at radius 2 is 1.40 bits per heavy atom. The van der Waals surface area contributed by atoms with Crippen LogP contribution in [0.4, 0.5) is 13.2 Å². The fraction of sp³-hybridized carbons (Fsp3) is 0.929. The largest absolute Gasteiger partial charge is 0.490 e. The van der Waals surface area contributed by atoms with Crippen molar-refractivity contribution in [3.8, 4) is 0 Å². The molecular formula is C14H25F3O3. The van der Waals surface area contributed by atoms with E-state index in [4.69, 9.17) is 4.74 Å². The molecule has 0 saturated heterocycles. The molecular weight excluding hydrogens is 273 g/mol. The summed E-state index contributed by atoms with van der Waals surface area (Å²) >= 11 is 0. The average Bonchev–Trinajstić information content (AvgIpc) is 2.38. The first-order valence-electron chi connectivity index (χ1n) is 7.30. The van der Waals surface area contributed by atoms with Gasteiger partial charge in [-0.3, -0.25) is 0 Å². The number of alkyl halides is 3. The number of carbonyl (C=O) groups is 1. The van der Waals surface area contributed by atoms with E-state index >= 15 is 0 Å². The lowest BCUT2D eigenvalue weighted by atomic mass is 10.1. The zero-order valence-electron chi connectivity index (χ0n) is 12.1. The molecule has 0 aliphatic heterocycles. The number of esters is 1. The zero-order chi connectivity index (χ0) is 15.3. The summed E-state index contributed by atoms with van der Waals surface area (Å²) in [6.07, 6.45) is 4.51. The smallest absolute Gasteiger partial charge is 0.457 e. The Bertz CT molecular complexity index is 242. The number of rotatable bonds is 12. The highest BCUT2D eigenvalue weighted by molar-refractivity contribution is 5.75. The summed E-state index contributed by atoms with van der Waals surface area (Å²) in [5, 5.41) is 0. The van der Waals surface area contributed by atoms with Crippen LogP contribution in [0.15, 0.2) is 0 Å². The van der Waals surface area contributed by atoms with Gasteiger partial charge in [0.25, 0.3) is 0 Å². The molecule has 0 N–H and O–H groups in total. The Morgan fingerprint density at radius 3 is 1.95 bits per heavy atom. The third-order valence-electron chi connectivity index (χ3n) is 2.83. The highest BCUT2D eigenvalue weighted by Crippen LogP contribution is 2.16. The molecule has 0 rings (SSSR count). The first kappa shape index (κ1) is 19.2. The van der Waals surface area contributed by atoms with Crippen molar-refractivity contribution >= 4 is 5.97 Å². The van der Waals surface area contributed by atoms with Gasteiger partial charge in [-0.2, -0.15) is 13.2 Å². The molecule has 3 nitrogen and oxygen atoms in total. The van der Waals surface area contributed by atoms with Gasteiger partial charge < -0.3 is 9.47 Å². The molecule has 0 bridgehead atoms. The Balaban J connectivity index is 3.16. The SMILES string of the molecule is CCCCCCCCCCOCCOC(=O)C(F)(F)F. The number of hydrogen-bond donors (Lipinski definition) is 0. The summed E-state index contributed by atoms with van der Waals surface area (Å²) in [4.78, 5) is 10.3. The second-order valence-corrected chi connectivity index (χ2v) is 4.72. The maximum Gasteiger partial charge on any atom is 0.490 e. The lowest BCUT2D eigenvalue weighted by molar-refractivity contribution is -0.200. The van der Waals surface area contributed by atoms with Crippen LogP contribution in [0.5, 0.6) is 0 Å².